The van der Waals surface area contributed by atoms with Crippen molar-refractivity contribution in [3.8, 4) is 0 Å². The second-order valence-corrected chi connectivity index (χ2v) is 5.84. The van der Waals surface area contributed by atoms with Gasteiger partial charge in [-0.15, -0.1) is 0 Å². The minimum Gasteiger partial charge on any atom is -0.379 e. The molecule has 0 radical (unpaired) electrons. The first-order chi connectivity index (χ1) is 11.4. The van der Waals surface area contributed by atoms with Gasteiger partial charge in [-0.05, 0) is 29.3 Å². The Labute approximate surface area is 137 Å². The molecule has 0 saturated carbocycles. The van der Waals surface area contributed by atoms with Gasteiger partial charge in [0, 0.05) is 18.5 Å². The Morgan fingerprint density at radius 1 is 1.00 bits per heavy atom. The zero-order valence-corrected chi connectivity index (χ0v) is 12.8. The van der Waals surface area contributed by atoms with Crippen molar-refractivity contribution in [2.24, 2.45) is 0 Å². The Balaban J connectivity index is 1.71. The lowest BCUT2D eigenvalue weighted by Gasteiger charge is -2.21. The molecule has 24 heavy (non-hydrogen) atoms. The molecule has 1 aliphatic heterocycles. The summed E-state index contributed by atoms with van der Waals surface area (Å²) in [6.45, 7) is 0.974. The third-order valence-electron chi connectivity index (χ3n) is 4.26. The summed E-state index contributed by atoms with van der Waals surface area (Å²) in [6.07, 6.45) is -4.37. The first kappa shape index (κ1) is 16.9. The zero-order valence-electron chi connectivity index (χ0n) is 12.8. The van der Waals surface area contributed by atoms with Gasteiger partial charge >= 0.3 is 6.18 Å². The van der Waals surface area contributed by atoms with Crippen LogP contribution < -0.4 is 5.32 Å². The van der Waals surface area contributed by atoms with E-state index in [9.17, 15) is 17.6 Å². The highest BCUT2D eigenvalue weighted by atomic mass is 19.4. The quantitative estimate of drug-likeness (QED) is 0.846. The normalized spacial score (nSPS) is 21.2. The van der Waals surface area contributed by atoms with E-state index in [1.165, 1.54) is 24.3 Å². The molecule has 2 aromatic carbocycles. The molecule has 1 saturated heterocycles. The van der Waals surface area contributed by atoms with E-state index in [0.717, 1.165) is 11.6 Å². The molecule has 3 rings (SSSR count). The van der Waals surface area contributed by atoms with Crippen molar-refractivity contribution in [3.05, 3.63) is 71.0 Å². The highest BCUT2D eigenvalue weighted by molar-refractivity contribution is 5.30. The lowest BCUT2D eigenvalue weighted by molar-refractivity contribution is -0.138. The van der Waals surface area contributed by atoms with Gasteiger partial charge in [0.15, 0.2) is 0 Å². The second-order valence-electron chi connectivity index (χ2n) is 5.84. The summed E-state index contributed by atoms with van der Waals surface area (Å²) in [5.74, 6) is -0.329. The highest BCUT2D eigenvalue weighted by Gasteiger charge is 2.34. The number of ether oxygens (including phenoxy) is 1. The van der Waals surface area contributed by atoms with Gasteiger partial charge in [0.05, 0.1) is 18.8 Å². The van der Waals surface area contributed by atoms with E-state index in [0.29, 0.717) is 13.2 Å². The Kier molecular flexibility index (Phi) is 4.87. The zero-order chi connectivity index (χ0) is 17.2. The molecule has 1 aliphatic rings. The number of alkyl halides is 3. The minimum atomic E-state index is -4.37. The third-order valence-corrected chi connectivity index (χ3v) is 4.26. The summed E-state index contributed by atoms with van der Waals surface area (Å²) in [7, 11) is 0. The maximum Gasteiger partial charge on any atom is 0.416 e. The fourth-order valence-corrected chi connectivity index (χ4v) is 2.99. The van der Waals surface area contributed by atoms with E-state index in [-0.39, 0.29) is 29.9 Å². The molecule has 2 atom stereocenters. The molecular formula is C18H17F4NO. The van der Waals surface area contributed by atoms with Crippen LogP contribution in [0.15, 0.2) is 48.5 Å². The van der Waals surface area contributed by atoms with Crippen LogP contribution >= 0.6 is 0 Å². The number of hydrogen-bond donors (Lipinski definition) is 1. The number of benzene rings is 2. The summed E-state index contributed by atoms with van der Waals surface area (Å²) in [6, 6.07) is 11.5. The summed E-state index contributed by atoms with van der Waals surface area (Å²) < 4.78 is 57.6. The average molecular weight is 339 g/mol. The molecule has 128 valence electrons. The van der Waals surface area contributed by atoms with E-state index in [1.54, 1.807) is 18.2 Å². The van der Waals surface area contributed by atoms with Crippen molar-refractivity contribution in [1.29, 1.82) is 0 Å². The van der Waals surface area contributed by atoms with Crippen molar-refractivity contribution in [2.75, 3.05) is 13.2 Å². The molecule has 0 bridgehead atoms. The lowest BCUT2D eigenvalue weighted by atomic mass is 9.94. The van der Waals surface area contributed by atoms with E-state index in [1.807, 2.05) is 0 Å². The molecule has 0 spiro atoms. The van der Waals surface area contributed by atoms with E-state index >= 15 is 0 Å². The summed E-state index contributed by atoms with van der Waals surface area (Å²) in [5, 5.41) is 3.15. The smallest absolute Gasteiger partial charge is 0.379 e. The van der Waals surface area contributed by atoms with Gasteiger partial charge in [0.1, 0.15) is 5.82 Å². The van der Waals surface area contributed by atoms with Crippen LogP contribution in [0.4, 0.5) is 17.6 Å². The Morgan fingerprint density at radius 2 is 1.71 bits per heavy atom. The fourth-order valence-electron chi connectivity index (χ4n) is 2.99. The molecule has 6 heteroatoms. The van der Waals surface area contributed by atoms with Crippen LogP contribution in [0.5, 0.6) is 0 Å². The largest absolute Gasteiger partial charge is 0.416 e. The standard InChI is InChI=1S/C18H17F4NO/c19-14-7-5-12(6-8-14)15-10-24-11-17(15)23-9-13-3-1-2-4-16(13)18(20,21)22/h1-8,15,17,23H,9-11H2/t15-,17+/m0/s1. The number of rotatable bonds is 4. The maximum absolute atomic E-state index is 13.0. The molecule has 0 aliphatic carbocycles. The van der Waals surface area contributed by atoms with Gasteiger partial charge < -0.3 is 10.1 Å². The van der Waals surface area contributed by atoms with Crippen molar-refractivity contribution in [3.63, 3.8) is 0 Å². The Hall–Kier alpha value is -1.92. The van der Waals surface area contributed by atoms with Crippen LogP contribution in [-0.4, -0.2) is 19.3 Å². The van der Waals surface area contributed by atoms with Crippen LogP contribution in [0.25, 0.3) is 0 Å². The molecule has 2 aromatic rings. The van der Waals surface area contributed by atoms with Crippen LogP contribution in [0.3, 0.4) is 0 Å². The highest BCUT2D eigenvalue weighted by Crippen LogP contribution is 2.32. The fraction of sp³-hybridized carbons (Fsp3) is 0.333. The second kappa shape index (κ2) is 6.91. The van der Waals surface area contributed by atoms with Crippen molar-refractivity contribution >= 4 is 0 Å². The molecule has 0 amide bonds. The van der Waals surface area contributed by atoms with Crippen molar-refractivity contribution in [1.82, 2.24) is 5.32 Å². The first-order valence-corrected chi connectivity index (χ1v) is 7.67. The predicted octanol–water partition coefficient (Wildman–Crippen LogP) is 4.12. The topological polar surface area (TPSA) is 21.3 Å². The Bertz CT molecular complexity index is 684. The third kappa shape index (κ3) is 3.76. The van der Waals surface area contributed by atoms with Crippen LogP contribution in [0.1, 0.15) is 22.6 Å². The van der Waals surface area contributed by atoms with E-state index < -0.39 is 11.7 Å². The molecule has 1 fully saturated rings. The monoisotopic (exact) mass is 339 g/mol. The van der Waals surface area contributed by atoms with Crippen molar-refractivity contribution in [2.45, 2.75) is 24.7 Å². The number of halogens is 4. The Morgan fingerprint density at radius 3 is 2.42 bits per heavy atom. The number of nitrogens with one attached hydrogen (secondary N) is 1. The van der Waals surface area contributed by atoms with Crippen LogP contribution in [0.2, 0.25) is 0 Å². The SMILES string of the molecule is Fc1ccc([C@@H]2COC[C@H]2NCc2ccccc2C(F)(F)F)cc1. The van der Waals surface area contributed by atoms with Gasteiger partial charge in [-0.25, -0.2) is 4.39 Å². The van der Waals surface area contributed by atoms with Crippen molar-refractivity contribution < 1.29 is 22.3 Å². The molecule has 1 N–H and O–H groups in total. The molecule has 1 heterocycles. The van der Waals surface area contributed by atoms with Gasteiger partial charge in [-0.1, -0.05) is 30.3 Å². The molecule has 0 aromatic heterocycles. The summed E-state index contributed by atoms with van der Waals surface area (Å²) in [5.41, 5.74) is 0.486. The predicted molar refractivity (Wildman–Crippen MR) is 82.0 cm³/mol. The molecular weight excluding hydrogens is 322 g/mol. The van der Waals surface area contributed by atoms with Gasteiger partial charge in [0.2, 0.25) is 0 Å². The lowest BCUT2D eigenvalue weighted by Crippen LogP contribution is -2.34. The average Bonchev–Trinajstić information content (AvgIpc) is 3.01. The van der Waals surface area contributed by atoms with E-state index in [2.05, 4.69) is 5.32 Å². The maximum atomic E-state index is 13.0. The first-order valence-electron chi connectivity index (χ1n) is 7.67. The van der Waals surface area contributed by atoms with Crippen LogP contribution in [-0.2, 0) is 17.5 Å². The summed E-state index contributed by atoms with van der Waals surface area (Å²) >= 11 is 0. The minimum absolute atomic E-state index is 0.0105. The van der Waals surface area contributed by atoms with Gasteiger partial charge in [-0.3, -0.25) is 0 Å². The van der Waals surface area contributed by atoms with Crippen LogP contribution in [0, 0.1) is 5.82 Å². The van der Waals surface area contributed by atoms with Gasteiger partial charge in [0.25, 0.3) is 0 Å². The number of hydrogen-bond acceptors (Lipinski definition) is 2. The van der Waals surface area contributed by atoms with Gasteiger partial charge in [-0.2, -0.15) is 13.2 Å². The molecule has 2 nitrogen and oxygen atoms in total. The summed E-state index contributed by atoms with van der Waals surface area (Å²) in [4.78, 5) is 0. The van der Waals surface area contributed by atoms with E-state index in [4.69, 9.17) is 4.74 Å². The molecule has 0 unspecified atom stereocenters.